The van der Waals surface area contributed by atoms with Crippen molar-refractivity contribution in [3.05, 3.63) is 60.8 Å². The number of allylic oxidation sites excluding steroid dienone is 10. The molecule has 0 spiro atoms. The number of hydrogen-bond acceptors (Lipinski definition) is 3. The maximum Gasteiger partial charge on any atom is 0.220 e. The lowest BCUT2D eigenvalue weighted by Crippen LogP contribution is -2.45. The van der Waals surface area contributed by atoms with Gasteiger partial charge in [0.05, 0.1) is 18.8 Å². The van der Waals surface area contributed by atoms with Crippen LogP contribution >= 0.6 is 0 Å². The zero-order valence-electron chi connectivity index (χ0n) is 55.1. The summed E-state index contributed by atoms with van der Waals surface area (Å²) in [6.45, 7) is 4.29. The molecule has 2 unspecified atom stereocenters. The Kier molecular flexibility index (Phi) is 70.6. The first-order chi connectivity index (χ1) is 40.2. The van der Waals surface area contributed by atoms with Gasteiger partial charge < -0.3 is 15.5 Å². The van der Waals surface area contributed by atoms with Gasteiger partial charge in [-0.25, -0.2) is 0 Å². The van der Waals surface area contributed by atoms with Crippen LogP contribution in [0.4, 0.5) is 0 Å². The summed E-state index contributed by atoms with van der Waals surface area (Å²) in [5, 5.41) is 23.5. The number of amides is 1. The van der Waals surface area contributed by atoms with Crippen LogP contribution in [0.3, 0.4) is 0 Å². The quantitative estimate of drug-likeness (QED) is 0.0420. The van der Waals surface area contributed by atoms with Crippen molar-refractivity contribution in [2.75, 3.05) is 6.61 Å². The van der Waals surface area contributed by atoms with Crippen molar-refractivity contribution in [1.82, 2.24) is 5.32 Å². The molecule has 0 aromatic rings. The molecule has 1 amide bonds. The molecule has 4 nitrogen and oxygen atoms in total. The van der Waals surface area contributed by atoms with Crippen LogP contribution in [0.5, 0.6) is 0 Å². The van der Waals surface area contributed by atoms with Gasteiger partial charge in [0.2, 0.25) is 5.91 Å². The SMILES string of the molecule is CC/C=C\C/C=C\C/C=C\C/C=C\C/C=C\CCCCCCCCCCCCCCCCCCCCCCCCCC(=O)NC(CO)C(O)CCCCCCCCCCCCCCCCCCCCCCCCCCCCCCCC. The highest BCUT2D eigenvalue weighted by atomic mass is 16.3. The van der Waals surface area contributed by atoms with Gasteiger partial charge in [-0.15, -0.1) is 0 Å². The molecule has 81 heavy (non-hydrogen) atoms. The van der Waals surface area contributed by atoms with E-state index in [1.165, 1.54) is 321 Å². The van der Waals surface area contributed by atoms with E-state index in [1.54, 1.807) is 0 Å². The van der Waals surface area contributed by atoms with Gasteiger partial charge in [-0.3, -0.25) is 4.79 Å². The molecule has 3 N–H and O–H groups in total. The van der Waals surface area contributed by atoms with Crippen LogP contribution in [0.1, 0.15) is 406 Å². The third-order valence-corrected chi connectivity index (χ3v) is 17.3. The predicted molar refractivity (Wildman–Crippen MR) is 364 cm³/mol. The highest BCUT2D eigenvalue weighted by molar-refractivity contribution is 5.76. The van der Waals surface area contributed by atoms with Gasteiger partial charge in [0.1, 0.15) is 0 Å². The lowest BCUT2D eigenvalue weighted by atomic mass is 10.0. The second kappa shape index (κ2) is 72.3. The fourth-order valence-electron chi connectivity index (χ4n) is 11.7. The average Bonchev–Trinajstić information content (AvgIpc) is 3.47. The third-order valence-electron chi connectivity index (χ3n) is 17.3. The molecule has 0 bridgehead atoms. The van der Waals surface area contributed by atoms with Gasteiger partial charge in [-0.1, -0.05) is 402 Å². The Morgan fingerprint density at radius 2 is 0.543 bits per heavy atom. The van der Waals surface area contributed by atoms with E-state index in [1.807, 2.05) is 0 Å². The van der Waals surface area contributed by atoms with Crippen LogP contribution in [0.25, 0.3) is 0 Å². The molecular formula is C77H145NO3. The van der Waals surface area contributed by atoms with E-state index in [9.17, 15) is 15.0 Å². The van der Waals surface area contributed by atoms with Gasteiger partial charge >= 0.3 is 0 Å². The van der Waals surface area contributed by atoms with Gasteiger partial charge in [0, 0.05) is 6.42 Å². The van der Waals surface area contributed by atoms with Gasteiger partial charge in [-0.05, 0) is 57.8 Å². The maximum absolute atomic E-state index is 12.6. The molecule has 0 aromatic carbocycles. The highest BCUT2D eigenvalue weighted by Gasteiger charge is 2.20. The zero-order chi connectivity index (χ0) is 58.4. The van der Waals surface area contributed by atoms with Crippen molar-refractivity contribution < 1.29 is 15.0 Å². The molecule has 0 saturated heterocycles. The van der Waals surface area contributed by atoms with E-state index < -0.39 is 12.1 Å². The van der Waals surface area contributed by atoms with Gasteiger partial charge in [-0.2, -0.15) is 0 Å². The minimum absolute atomic E-state index is 0.0228. The minimum Gasteiger partial charge on any atom is -0.394 e. The topological polar surface area (TPSA) is 69.6 Å². The molecule has 0 aliphatic rings. The molecule has 0 fully saturated rings. The first-order valence-corrected chi connectivity index (χ1v) is 37.0. The summed E-state index contributed by atoms with van der Waals surface area (Å²) in [6, 6.07) is -0.538. The van der Waals surface area contributed by atoms with E-state index in [4.69, 9.17) is 0 Å². The number of carbonyl (C=O) groups excluding carboxylic acids is 1. The monoisotopic (exact) mass is 1130 g/mol. The van der Waals surface area contributed by atoms with Crippen LogP contribution in [-0.2, 0) is 4.79 Å². The molecule has 2 atom stereocenters. The molecule has 0 aromatic heterocycles. The molecule has 0 rings (SSSR count). The van der Waals surface area contributed by atoms with Crippen LogP contribution in [0, 0.1) is 0 Å². The van der Waals surface area contributed by atoms with Crippen LogP contribution in [-0.4, -0.2) is 34.9 Å². The summed E-state index contributed by atoms with van der Waals surface area (Å²) < 4.78 is 0. The van der Waals surface area contributed by atoms with E-state index >= 15 is 0 Å². The number of hydrogen-bond donors (Lipinski definition) is 3. The Bertz CT molecular complexity index is 1330. The summed E-state index contributed by atoms with van der Waals surface area (Å²) in [5.74, 6) is -0.0228. The number of unbranched alkanes of at least 4 members (excludes halogenated alkanes) is 52. The smallest absolute Gasteiger partial charge is 0.220 e. The van der Waals surface area contributed by atoms with Crippen molar-refractivity contribution in [3.63, 3.8) is 0 Å². The molecule has 0 aliphatic heterocycles. The Morgan fingerprint density at radius 3 is 0.815 bits per heavy atom. The Balaban J connectivity index is 3.38. The number of nitrogens with one attached hydrogen (secondary N) is 1. The molecule has 0 radical (unpaired) electrons. The van der Waals surface area contributed by atoms with Crippen molar-refractivity contribution in [2.45, 2.75) is 418 Å². The maximum atomic E-state index is 12.6. The molecule has 476 valence electrons. The standard InChI is InChI=1S/C77H145NO3/c1-3-5-7-9-11-13-15-17-19-21-23-25-27-29-31-33-35-36-37-38-39-40-41-42-43-45-47-49-51-53-55-57-59-61-63-65-67-69-71-73-77(81)78-75(74-79)76(80)72-70-68-66-64-62-60-58-56-54-52-50-48-46-44-34-32-30-28-26-24-22-20-18-16-14-12-10-8-6-4-2/h5,7,11,13,17,19,23,25,29,31,75-76,79-80H,3-4,6,8-10,12,14-16,18,20-22,24,26-28,30,32-74H2,1-2H3,(H,78,81)/b7-5-,13-11-,19-17-,25-23-,31-29-. The number of aliphatic hydroxyl groups is 2. The largest absolute Gasteiger partial charge is 0.394 e. The Hall–Kier alpha value is -1.91. The zero-order valence-corrected chi connectivity index (χ0v) is 55.1. The van der Waals surface area contributed by atoms with Crippen LogP contribution in [0.15, 0.2) is 60.8 Å². The van der Waals surface area contributed by atoms with Crippen LogP contribution < -0.4 is 5.32 Å². The van der Waals surface area contributed by atoms with Crippen LogP contribution in [0.2, 0.25) is 0 Å². The van der Waals surface area contributed by atoms with Gasteiger partial charge in [0.15, 0.2) is 0 Å². The number of rotatable bonds is 69. The summed E-state index contributed by atoms with van der Waals surface area (Å²) in [6.07, 6.45) is 103. The van der Waals surface area contributed by atoms with Gasteiger partial charge in [0.25, 0.3) is 0 Å². The predicted octanol–water partition coefficient (Wildman–Crippen LogP) is 25.4. The second-order valence-electron chi connectivity index (χ2n) is 25.3. The summed E-state index contributed by atoms with van der Waals surface area (Å²) in [4.78, 5) is 12.6. The molecule has 0 aliphatic carbocycles. The van der Waals surface area contributed by atoms with Crippen molar-refractivity contribution in [1.29, 1.82) is 0 Å². The normalized spacial score (nSPS) is 13.0. The number of carbonyl (C=O) groups is 1. The summed E-state index contributed by atoms with van der Waals surface area (Å²) >= 11 is 0. The second-order valence-corrected chi connectivity index (χ2v) is 25.3. The van der Waals surface area contributed by atoms with Crippen molar-refractivity contribution >= 4 is 5.91 Å². The summed E-state index contributed by atoms with van der Waals surface area (Å²) in [5.41, 5.74) is 0. The molecule has 0 heterocycles. The lowest BCUT2D eigenvalue weighted by Gasteiger charge is -2.22. The van der Waals surface area contributed by atoms with Crippen molar-refractivity contribution in [3.8, 4) is 0 Å². The Morgan fingerprint density at radius 1 is 0.309 bits per heavy atom. The van der Waals surface area contributed by atoms with E-state index in [0.29, 0.717) is 12.8 Å². The average molecular weight is 1130 g/mol. The minimum atomic E-state index is -0.661. The fourth-order valence-corrected chi connectivity index (χ4v) is 11.7. The fraction of sp³-hybridized carbons (Fsp3) is 0.857. The molecular weight excluding hydrogens is 987 g/mol. The summed E-state index contributed by atoms with van der Waals surface area (Å²) in [7, 11) is 0. The van der Waals surface area contributed by atoms with E-state index in [-0.39, 0.29) is 12.5 Å². The lowest BCUT2D eigenvalue weighted by molar-refractivity contribution is -0.123. The first-order valence-electron chi connectivity index (χ1n) is 37.0. The van der Waals surface area contributed by atoms with Crippen molar-refractivity contribution in [2.24, 2.45) is 0 Å². The number of aliphatic hydroxyl groups excluding tert-OH is 2. The van der Waals surface area contributed by atoms with E-state index in [2.05, 4.69) is 79.9 Å². The Labute approximate surface area is 508 Å². The molecule has 4 heteroatoms. The molecule has 0 saturated carbocycles. The first kappa shape index (κ1) is 79.1. The van der Waals surface area contributed by atoms with E-state index in [0.717, 1.165) is 57.8 Å². The third kappa shape index (κ3) is 68.8. The highest BCUT2D eigenvalue weighted by Crippen LogP contribution is 2.20.